The standard InChI is InChI=1S/C16H21N5O7S/c22-15(12-4-3-10-6-20(12)16(23)21(10)28-29(24,25)26)19-27-7-11-13-8-1-2-9(5-8)14(13)18-17-11/h8-10,12H,1-7H2,(H,17,18)(H,19,22)(H,24,25,26)/t8?,9?,10?,12-/m0/s1. The minimum Gasteiger partial charge on any atom is -0.309 e. The van der Waals surface area contributed by atoms with Gasteiger partial charge in [-0.3, -0.25) is 19.3 Å². The number of hydrogen-bond donors (Lipinski definition) is 3. The molecule has 3 fully saturated rings. The van der Waals surface area contributed by atoms with E-state index in [1.54, 1.807) is 0 Å². The summed E-state index contributed by atoms with van der Waals surface area (Å²) in [5.74, 6) is 0.559. The number of hydroxylamine groups is 3. The molecule has 4 bridgehead atoms. The molecule has 2 saturated heterocycles. The van der Waals surface area contributed by atoms with Crippen LogP contribution in [0.25, 0.3) is 0 Å². The molecule has 3 heterocycles. The van der Waals surface area contributed by atoms with Crippen molar-refractivity contribution in [2.45, 2.75) is 62.6 Å². The third kappa shape index (κ3) is 3.17. The third-order valence-corrected chi connectivity index (χ3v) is 6.69. The van der Waals surface area contributed by atoms with Crippen molar-refractivity contribution in [3.05, 3.63) is 17.0 Å². The zero-order valence-electron chi connectivity index (χ0n) is 15.4. The number of nitrogens with zero attached hydrogens (tertiary/aromatic N) is 3. The highest BCUT2D eigenvalue weighted by molar-refractivity contribution is 7.80. The Hall–Kier alpha value is -2.22. The fraction of sp³-hybridized carbons (Fsp3) is 0.688. The maximum absolute atomic E-state index is 12.5. The Labute approximate surface area is 166 Å². The third-order valence-electron chi connectivity index (χ3n) is 6.34. The summed E-state index contributed by atoms with van der Waals surface area (Å²) < 4.78 is 35.0. The first-order chi connectivity index (χ1) is 13.8. The van der Waals surface area contributed by atoms with Crippen molar-refractivity contribution in [1.82, 2.24) is 25.6 Å². The van der Waals surface area contributed by atoms with Gasteiger partial charge in [0.2, 0.25) is 0 Å². The van der Waals surface area contributed by atoms with E-state index >= 15 is 0 Å². The molecule has 0 aromatic carbocycles. The number of urea groups is 1. The second-order valence-corrected chi connectivity index (χ2v) is 8.97. The van der Waals surface area contributed by atoms with Gasteiger partial charge in [0.15, 0.2) is 0 Å². The van der Waals surface area contributed by atoms with Crippen LogP contribution in [0.5, 0.6) is 0 Å². The molecule has 3 amide bonds. The van der Waals surface area contributed by atoms with Gasteiger partial charge in [-0.25, -0.2) is 10.3 Å². The lowest BCUT2D eigenvalue weighted by molar-refractivity contribution is -0.140. The highest BCUT2D eigenvalue weighted by Gasteiger charge is 2.49. The van der Waals surface area contributed by atoms with Crippen molar-refractivity contribution in [2.24, 2.45) is 0 Å². The van der Waals surface area contributed by atoms with E-state index in [4.69, 9.17) is 9.39 Å². The van der Waals surface area contributed by atoms with E-state index in [-0.39, 0.29) is 13.2 Å². The van der Waals surface area contributed by atoms with Gasteiger partial charge in [0.1, 0.15) is 12.6 Å². The first kappa shape index (κ1) is 18.8. The van der Waals surface area contributed by atoms with E-state index in [2.05, 4.69) is 20.0 Å². The minimum atomic E-state index is -4.82. The molecule has 0 spiro atoms. The summed E-state index contributed by atoms with van der Waals surface area (Å²) in [5, 5.41) is 8.00. The summed E-state index contributed by atoms with van der Waals surface area (Å²) in [6, 6.07) is -2.14. The Morgan fingerprint density at radius 1 is 1.28 bits per heavy atom. The predicted molar refractivity (Wildman–Crippen MR) is 94.2 cm³/mol. The van der Waals surface area contributed by atoms with Crippen LogP contribution >= 0.6 is 0 Å². The molecule has 3 unspecified atom stereocenters. The van der Waals surface area contributed by atoms with Crippen molar-refractivity contribution in [3.63, 3.8) is 0 Å². The van der Waals surface area contributed by atoms with E-state index in [9.17, 15) is 18.0 Å². The zero-order chi connectivity index (χ0) is 20.3. The van der Waals surface area contributed by atoms with Gasteiger partial charge in [-0.1, -0.05) is 0 Å². The molecular formula is C16H21N5O7S. The number of aromatic nitrogens is 2. The smallest absolute Gasteiger partial charge is 0.309 e. The molecule has 4 atom stereocenters. The molecule has 1 aromatic rings. The van der Waals surface area contributed by atoms with Crippen LogP contribution < -0.4 is 5.48 Å². The number of amides is 3. The van der Waals surface area contributed by atoms with Gasteiger partial charge < -0.3 is 4.90 Å². The van der Waals surface area contributed by atoms with Crippen LogP contribution in [0.2, 0.25) is 0 Å². The van der Waals surface area contributed by atoms with Gasteiger partial charge >= 0.3 is 16.4 Å². The largest absolute Gasteiger partial charge is 0.418 e. The van der Waals surface area contributed by atoms with Crippen LogP contribution in [0, 0.1) is 0 Å². The molecule has 12 nitrogen and oxygen atoms in total. The molecule has 158 valence electrons. The van der Waals surface area contributed by atoms with Crippen molar-refractivity contribution in [3.8, 4) is 0 Å². The first-order valence-corrected chi connectivity index (χ1v) is 10.9. The highest BCUT2D eigenvalue weighted by atomic mass is 32.3. The summed E-state index contributed by atoms with van der Waals surface area (Å²) >= 11 is 0. The number of hydrogen-bond acceptors (Lipinski definition) is 7. The number of piperidine rings is 1. The second-order valence-electron chi connectivity index (χ2n) is 7.97. The molecule has 13 heteroatoms. The lowest BCUT2D eigenvalue weighted by atomic mass is 9.96. The second kappa shape index (κ2) is 6.65. The number of aromatic amines is 1. The monoisotopic (exact) mass is 427 g/mol. The Morgan fingerprint density at radius 3 is 2.86 bits per heavy atom. The fourth-order valence-corrected chi connectivity index (χ4v) is 5.52. The Balaban J connectivity index is 1.18. The molecule has 4 aliphatic rings. The Morgan fingerprint density at radius 2 is 2.07 bits per heavy atom. The van der Waals surface area contributed by atoms with E-state index in [1.807, 2.05) is 0 Å². The highest BCUT2D eigenvalue weighted by Crippen LogP contribution is 2.53. The van der Waals surface area contributed by atoms with E-state index in [0.717, 1.165) is 18.5 Å². The molecule has 5 rings (SSSR count). The van der Waals surface area contributed by atoms with Gasteiger partial charge in [0, 0.05) is 23.7 Å². The van der Waals surface area contributed by atoms with Crippen LogP contribution in [0.1, 0.15) is 60.9 Å². The average molecular weight is 427 g/mol. The molecule has 1 saturated carbocycles. The van der Waals surface area contributed by atoms with E-state index in [0.29, 0.717) is 29.7 Å². The van der Waals surface area contributed by atoms with Crippen molar-refractivity contribution < 1.29 is 31.7 Å². The van der Waals surface area contributed by atoms with Gasteiger partial charge in [-0.15, -0.1) is 4.28 Å². The van der Waals surface area contributed by atoms with Crippen LogP contribution in [0.3, 0.4) is 0 Å². The molecule has 1 aromatic heterocycles. The summed E-state index contributed by atoms with van der Waals surface area (Å²) in [5.41, 5.74) is 5.57. The van der Waals surface area contributed by atoms with Crippen molar-refractivity contribution in [1.29, 1.82) is 0 Å². The lowest BCUT2D eigenvalue weighted by Crippen LogP contribution is -2.49. The maximum atomic E-state index is 12.5. The molecule has 2 aliphatic carbocycles. The summed E-state index contributed by atoms with van der Waals surface area (Å²) in [7, 11) is -4.82. The predicted octanol–water partition coefficient (Wildman–Crippen LogP) is 0.325. The number of carbonyl (C=O) groups excluding carboxylic acids is 2. The van der Waals surface area contributed by atoms with E-state index in [1.165, 1.54) is 22.6 Å². The summed E-state index contributed by atoms with van der Waals surface area (Å²) in [4.78, 5) is 31.5. The molecule has 29 heavy (non-hydrogen) atoms. The Bertz CT molecular complexity index is 963. The van der Waals surface area contributed by atoms with Gasteiger partial charge in [-0.2, -0.15) is 18.6 Å². The number of fused-ring (bicyclic) bond motifs is 7. The topological polar surface area (TPSA) is 154 Å². The zero-order valence-corrected chi connectivity index (χ0v) is 16.2. The Kier molecular flexibility index (Phi) is 4.31. The van der Waals surface area contributed by atoms with Crippen molar-refractivity contribution >= 4 is 22.3 Å². The van der Waals surface area contributed by atoms with Crippen molar-refractivity contribution in [2.75, 3.05) is 6.54 Å². The van der Waals surface area contributed by atoms with Gasteiger partial charge in [0.05, 0.1) is 11.7 Å². The molecule has 2 aliphatic heterocycles. The average Bonchev–Trinajstić information content (AvgIpc) is 3.41. The first-order valence-electron chi connectivity index (χ1n) is 9.57. The van der Waals surface area contributed by atoms with Crippen LogP contribution in [0.4, 0.5) is 4.79 Å². The molecule has 3 N–H and O–H groups in total. The summed E-state index contributed by atoms with van der Waals surface area (Å²) in [6.07, 6.45) is 4.15. The van der Waals surface area contributed by atoms with Crippen LogP contribution in [-0.2, 0) is 30.9 Å². The molecular weight excluding hydrogens is 406 g/mol. The van der Waals surface area contributed by atoms with Crippen LogP contribution in [0.15, 0.2) is 0 Å². The molecule has 0 radical (unpaired) electrons. The van der Waals surface area contributed by atoms with Crippen LogP contribution in [-0.4, -0.2) is 63.7 Å². The quantitative estimate of drug-likeness (QED) is 0.433. The number of carbonyl (C=O) groups is 2. The lowest BCUT2D eigenvalue weighted by Gasteiger charge is -2.28. The maximum Gasteiger partial charge on any atom is 0.418 e. The minimum absolute atomic E-state index is 0.127. The van der Waals surface area contributed by atoms with Gasteiger partial charge in [0.25, 0.3) is 5.91 Å². The van der Waals surface area contributed by atoms with E-state index < -0.39 is 34.4 Å². The number of rotatable bonds is 6. The number of nitrogens with one attached hydrogen (secondary N) is 2. The SMILES string of the molecule is O=C(NOCc1n[nH]c2c1C1CCC2C1)[C@@H]1CCC2CN1C(=O)N2OS(=O)(=O)O. The number of H-pyrrole nitrogens is 1. The normalized spacial score (nSPS) is 30.2. The fourth-order valence-electron chi connectivity index (χ4n) is 5.13. The van der Waals surface area contributed by atoms with Gasteiger partial charge in [-0.05, 0) is 38.0 Å². The summed E-state index contributed by atoms with van der Waals surface area (Å²) in [6.45, 7) is 0.254.